The van der Waals surface area contributed by atoms with E-state index >= 15 is 0 Å². The minimum atomic E-state index is 0.0931. The third kappa shape index (κ3) is 3.95. The highest BCUT2D eigenvalue weighted by Gasteiger charge is 2.31. The Balaban J connectivity index is 1.30. The second kappa shape index (κ2) is 9.59. The fourth-order valence-electron chi connectivity index (χ4n) is 5.71. The summed E-state index contributed by atoms with van der Waals surface area (Å²) in [5.74, 6) is 3.69. The van der Waals surface area contributed by atoms with Crippen molar-refractivity contribution in [1.82, 2.24) is 10.2 Å². The highest BCUT2D eigenvalue weighted by atomic mass is 16.5. The molecule has 0 saturated heterocycles. The Morgan fingerprint density at radius 3 is 2.49 bits per heavy atom. The molecule has 0 aliphatic carbocycles. The van der Waals surface area contributed by atoms with E-state index in [0.29, 0.717) is 6.61 Å². The summed E-state index contributed by atoms with van der Waals surface area (Å²) in [6, 6.07) is 33.8. The lowest BCUT2D eigenvalue weighted by Gasteiger charge is -2.25. The van der Waals surface area contributed by atoms with Gasteiger partial charge in [-0.15, -0.1) is 6.42 Å². The molecule has 4 aromatic carbocycles. The van der Waals surface area contributed by atoms with Gasteiger partial charge in [0.2, 0.25) is 0 Å². The number of rotatable bonds is 4. The first kappa shape index (κ1) is 23.0. The zero-order chi connectivity index (χ0) is 26.2. The lowest BCUT2D eigenvalue weighted by molar-refractivity contribution is 0.302. The number of hydrogen-bond donors (Lipinski definition) is 1. The number of hydrogen-bond acceptors (Lipinski definition) is 3. The van der Waals surface area contributed by atoms with Gasteiger partial charge in [-0.3, -0.25) is 0 Å². The van der Waals surface area contributed by atoms with Crippen LogP contribution in [-0.4, -0.2) is 11.1 Å². The molecule has 0 fully saturated rings. The maximum absolute atomic E-state index is 6.13. The van der Waals surface area contributed by atoms with E-state index in [2.05, 4.69) is 125 Å². The van der Waals surface area contributed by atoms with Gasteiger partial charge in [0.25, 0.3) is 0 Å². The fourth-order valence-corrected chi connectivity index (χ4v) is 5.71. The fraction of sp³-hybridized carbons (Fsp3) is 0.0556. The molecule has 0 bridgehead atoms. The van der Waals surface area contributed by atoms with Crippen molar-refractivity contribution in [3.63, 3.8) is 0 Å². The van der Waals surface area contributed by atoms with E-state index in [9.17, 15) is 0 Å². The van der Waals surface area contributed by atoms with E-state index < -0.39 is 0 Å². The summed E-state index contributed by atoms with van der Waals surface area (Å²) in [7, 11) is 0. The molecule has 3 nitrogen and oxygen atoms in total. The molecule has 7 rings (SSSR count). The van der Waals surface area contributed by atoms with Crippen LogP contribution in [0.2, 0.25) is 0 Å². The summed E-state index contributed by atoms with van der Waals surface area (Å²) in [5.41, 5.74) is 11.2. The molecule has 3 aliphatic heterocycles. The number of ether oxygens (including phenoxy) is 1. The maximum atomic E-state index is 6.13. The van der Waals surface area contributed by atoms with E-state index in [1.807, 2.05) is 18.2 Å². The van der Waals surface area contributed by atoms with Crippen molar-refractivity contribution in [3.05, 3.63) is 155 Å². The third-order valence-corrected chi connectivity index (χ3v) is 7.51. The minimum Gasteiger partial charge on any atom is -0.488 e. The predicted molar refractivity (Wildman–Crippen MR) is 159 cm³/mol. The number of allylic oxidation sites excluding steroid dienone is 3. The van der Waals surface area contributed by atoms with Crippen LogP contribution in [0, 0.1) is 12.3 Å². The zero-order valence-electron chi connectivity index (χ0n) is 21.3. The first-order valence-electron chi connectivity index (χ1n) is 13.1. The second-order valence-electron chi connectivity index (χ2n) is 9.73. The Bertz CT molecular complexity index is 1730. The van der Waals surface area contributed by atoms with Crippen LogP contribution >= 0.6 is 0 Å². The smallest absolute Gasteiger partial charge is 0.127 e. The molecule has 0 spiro atoms. The van der Waals surface area contributed by atoms with Gasteiger partial charge in [-0.2, -0.15) is 0 Å². The van der Waals surface area contributed by atoms with Gasteiger partial charge in [-0.25, -0.2) is 0 Å². The van der Waals surface area contributed by atoms with E-state index in [0.717, 1.165) is 44.8 Å². The van der Waals surface area contributed by atoms with Crippen LogP contribution in [0.15, 0.2) is 128 Å². The van der Waals surface area contributed by atoms with Crippen LogP contribution < -0.4 is 10.1 Å². The van der Waals surface area contributed by atoms with E-state index in [-0.39, 0.29) is 6.17 Å². The van der Waals surface area contributed by atoms with Crippen molar-refractivity contribution in [2.45, 2.75) is 12.8 Å². The van der Waals surface area contributed by atoms with Crippen LogP contribution in [-0.2, 0) is 6.61 Å². The highest BCUT2D eigenvalue weighted by Crippen LogP contribution is 2.42. The van der Waals surface area contributed by atoms with Crippen LogP contribution in [0.5, 0.6) is 5.75 Å². The summed E-state index contributed by atoms with van der Waals surface area (Å²) in [6.45, 7) is 0.512. The molecule has 3 heteroatoms. The van der Waals surface area contributed by atoms with Crippen LogP contribution in [0.1, 0.15) is 27.8 Å². The van der Waals surface area contributed by atoms with E-state index in [1.165, 1.54) is 16.8 Å². The normalized spacial score (nSPS) is 17.1. The molecule has 0 saturated carbocycles. The molecule has 186 valence electrons. The summed E-state index contributed by atoms with van der Waals surface area (Å²) in [4.78, 5) is 2.29. The Hall–Kier alpha value is -5.20. The third-order valence-electron chi connectivity index (χ3n) is 7.51. The molecule has 1 N–H and O–H groups in total. The van der Waals surface area contributed by atoms with Crippen LogP contribution in [0.3, 0.4) is 0 Å². The van der Waals surface area contributed by atoms with Gasteiger partial charge in [0.15, 0.2) is 0 Å². The molecule has 3 heterocycles. The van der Waals surface area contributed by atoms with Crippen LogP contribution in [0.4, 0.5) is 0 Å². The van der Waals surface area contributed by atoms with Gasteiger partial charge in [0.1, 0.15) is 18.5 Å². The average molecular weight is 503 g/mol. The number of fused-ring (bicyclic) bond motifs is 4. The van der Waals surface area contributed by atoms with Gasteiger partial charge >= 0.3 is 0 Å². The van der Waals surface area contributed by atoms with Gasteiger partial charge in [0.05, 0.1) is 11.4 Å². The molecular formula is C36H26N2O. The van der Waals surface area contributed by atoms with Gasteiger partial charge in [-0.05, 0) is 52.1 Å². The Labute approximate surface area is 229 Å². The van der Waals surface area contributed by atoms with Crippen molar-refractivity contribution in [3.8, 4) is 29.2 Å². The minimum absolute atomic E-state index is 0.0931. The van der Waals surface area contributed by atoms with E-state index in [1.54, 1.807) is 0 Å². The number of terminal acetylenes is 1. The number of nitrogens with zero attached hydrogens (tertiary/aromatic N) is 1. The summed E-state index contributed by atoms with van der Waals surface area (Å²) in [6.07, 6.45) is 16.3. The number of benzene rings is 4. The summed E-state index contributed by atoms with van der Waals surface area (Å²) >= 11 is 0. The molecule has 1 unspecified atom stereocenters. The topological polar surface area (TPSA) is 24.5 Å². The Morgan fingerprint density at radius 1 is 0.846 bits per heavy atom. The lowest BCUT2D eigenvalue weighted by atomic mass is 9.87. The molecule has 0 amide bonds. The molecule has 0 radical (unpaired) electrons. The molecule has 0 aromatic heterocycles. The summed E-state index contributed by atoms with van der Waals surface area (Å²) in [5, 5.41) is 3.72. The van der Waals surface area contributed by atoms with Crippen molar-refractivity contribution in [1.29, 1.82) is 0 Å². The lowest BCUT2D eigenvalue weighted by Crippen LogP contribution is -2.32. The standard InChI is InChI=1S/C36H26N2O/c1-2-11-28(29-15-10-16-30-31-14-6-7-17-33(31)39-24-32(29)30)25-19-21-26(22-20-25)35-36(27-12-4-3-5-13-27)38-23-9-8-18-34(38)37-35/h1,3-23,34,37H,24H2/b28-11-. The first-order valence-corrected chi connectivity index (χ1v) is 13.1. The Kier molecular flexibility index (Phi) is 5.65. The largest absolute Gasteiger partial charge is 0.488 e. The quantitative estimate of drug-likeness (QED) is 0.293. The molecule has 3 aliphatic rings. The number of nitrogens with one attached hydrogen (secondary N) is 1. The molecular weight excluding hydrogens is 476 g/mol. The SMILES string of the molecule is C#C/C=C(/c1ccc(C2=C(c3ccccc3)N3C=CC=CC3N2)cc1)c1cccc2c1COc1ccccc1-2. The highest BCUT2D eigenvalue weighted by molar-refractivity contribution is 5.93. The number of para-hydroxylation sites is 1. The molecule has 39 heavy (non-hydrogen) atoms. The van der Waals surface area contributed by atoms with Gasteiger partial charge < -0.3 is 15.0 Å². The average Bonchev–Trinajstić information content (AvgIpc) is 3.40. The van der Waals surface area contributed by atoms with Gasteiger partial charge in [-0.1, -0.05) is 103 Å². The van der Waals surface area contributed by atoms with Crippen molar-refractivity contribution in [2.24, 2.45) is 0 Å². The predicted octanol–water partition coefficient (Wildman–Crippen LogP) is 7.45. The monoisotopic (exact) mass is 502 g/mol. The van der Waals surface area contributed by atoms with Gasteiger partial charge in [0, 0.05) is 22.9 Å². The zero-order valence-corrected chi connectivity index (χ0v) is 21.3. The molecule has 4 aromatic rings. The second-order valence-corrected chi connectivity index (χ2v) is 9.73. The maximum Gasteiger partial charge on any atom is 0.127 e. The first-order chi connectivity index (χ1) is 19.3. The van der Waals surface area contributed by atoms with Crippen molar-refractivity contribution >= 4 is 17.0 Å². The van der Waals surface area contributed by atoms with E-state index in [4.69, 9.17) is 11.2 Å². The van der Waals surface area contributed by atoms with Crippen LogP contribution in [0.25, 0.3) is 28.1 Å². The molecule has 1 atom stereocenters. The van der Waals surface area contributed by atoms with Crippen molar-refractivity contribution in [2.75, 3.05) is 0 Å². The van der Waals surface area contributed by atoms with Crippen molar-refractivity contribution < 1.29 is 4.74 Å². The summed E-state index contributed by atoms with van der Waals surface area (Å²) < 4.78 is 6.13. The Morgan fingerprint density at radius 2 is 1.64 bits per heavy atom.